The Labute approximate surface area is 170 Å². The summed E-state index contributed by atoms with van der Waals surface area (Å²) >= 11 is 6.14. The van der Waals surface area contributed by atoms with Crippen LogP contribution in [0.4, 0.5) is 11.4 Å². The van der Waals surface area contributed by atoms with Crippen molar-refractivity contribution in [3.05, 3.63) is 53.1 Å². The van der Waals surface area contributed by atoms with E-state index in [2.05, 4.69) is 10.2 Å². The predicted molar refractivity (Wildman–Crippen MR) is 113 cm³/mol. The molecule has 0 radical (unpaired) electrons. The number of ketones is 1. The third-order valence-corrected chi connectivity index (χ3v) is 5.03. The first-order valence-electron chi connectivity index (χ1n) is 9.67. The first-order chi connectivity index (χ1) is 13.6. The third kappa shape index (κ3) is 5.26. The highest BCUT2D eigenvalue weighted by Gasteiger charge is 2.16. The molecule has 0 atom stereocenters. The van der Waals surface area contributed by atoms with E-state index in [0.717, 1.165) is 31.6 Å². The van der Waals surface area contributed by atoms with E-state index in [4.69, 9.17) is 16.3 Å². The number of nitrogens with zero attached hydrogens (tertiary/aromatic N) is 1. The van der Waals surface area contributed by atoms with E-state index in [1.54, 1.807) is 30.3 Å². The maximum absolute atomic E-state index is 12.4. The molecule has 0 spiro atoms. The van der Waals surface area contributed by atoms with E-state index in [1.165, 1.54) is 6.42 Å². The fourth-order valence-corrected chi connectivity index (χ4v) is 3.47. The minimum Gasteiger partial charge on any atom is -0.484 e. The van der Waals surface area contributed by atoms with Crippen LogP contribution in [0.2, 0.25) is 5.02 Å². The quantitative estimate of drug-likeness (QED) is 0.668. The average Bonchev–Trinajstić information content (AvgIpc) is 2.73. The largest absolute Gasteiger partial charge is 0.484 e. The molecular weight excluding hydrogens is 376 g/mol. The second-order valence-corrected chi connectivity index (χ2v) is 7.28. The molecule has 0 bridgehead atoms. The van der Waals surface area contributed by atoms with E-state index < -0.39 is 0 Å². The summed E-state index contributed by atoms with van der Waals surface area (Å²) in [7, 11) is 0. The normalized spacial score (nSPS) is 13.9. The van der Waals surface area contributed by atoms with Crippen LogP contribution in [-0.2, 0) is 4.79 Å². The average molecular weight is 401 g/mol. The fourth-order valence-electron chi connectivity index (χ4n) is 3.30. The van der Waals surface area contributed by atoms with Crippen LogP contribution in [-0.4, -0.2) is 31.4 Å². The number of halogens is 1. The van der Waals surface area contributed by atoms with Crippen LogP contribution in [0.25, 0.3) is 0 Å². The number of hydrogen-bond acceptors (Lipinski definition) is 4. The van der Waals surface area contributed by atoms with Crippen molar-refractivity contribution < 1.29 is 14.3 Å². The van der Waals surface area contributed by atoms with Gasteiger partial charge in [0.25, 0.3) is 5.91 Å². The van der Waals surface area contributed by atoms with Gasteiger partial charge in [-0.2, -0.15) is 0 Å². The number of rotatable bonds is 7. The van der Waals surface area contributed by atoms with Crippen molar-refractivity contribution >= 4 is 34.7 Å². The Hall–Kier alpha value is -2.53. The predicted octanol–water partition coefficient (Wildman–Crippen LogP) is 4.94. The molecule has 1 aliphatic heterocycles. The van der Waals surface area contributed by atoms with Crippen LogP contribution in [0.15, 0.2) is 42.5 Å². The third-order valence-electron chi connectivity index (χ3n) is 4.80. The van der Waals surface area contributed by atoms with Gasteiger partial charge < -0.3 is 15.0 Å². The summed E-state index contributed by atoms with van der Waals surface area (Å²) in [4.78, 5) is 26.3. The Kier molecular flexibility index (Phi) is 6.93. The number of carbonyl (C=O) groups is 2. The summed E-state index contributed by atoms with van der Waals surface area (Å²) in [5.74, 6) is 0.370. The lowest BCUT2D eigenvalue weighted by Crippen LogP contribution is -2.31. The lowest BCUT2D eigenvalue weighted by Gasteiger charge is -2.30. The van der Waals surface area contributed by atoms with Gasteiger partial charge >= 0.3 is 0 Å². The van der Waals surface area contributed by atoms with Crippen molar-refractivity contribution in [2.45, 2.75) is 32.6 Å². The highest BCUT2D eigenvalue weighted by molar-refractivity contribution is 6.31. The van der Waals surface area contributed by atoms with Gasteiger partial charge in [-0.15, -0.1) is 0 Å². The van der Waals surface area contributed by atoms with Gasteiger partial charge in [0, 0.05) is 30.1 Å². The number of benzene rings is 2. The zero-order valence-electron chi connectivity index (χ0n) is 16.0. The maximum atomic E-state index is 12.4. The topological polar surface area (TPSA) is 58.6 Å². The lowest BCUT2D eigenvalue weighted by molar-refractivity contribution is -0.118. The van der Waals surface area contributed by atoms with Crippen LogP contribution >= 0.6 is 11.6 Å². The van der Waals surface area contributed by atoms with Gasteiger partial charge in [0.15, 0.2) is 12.4 Å². The molecule has 0 unspecified atom stereocenters. The van der Waals surface area contributed by atoms with Crippen molar-refractivity contribution in [1.82, 2.24) is 0 Å². The molecule has 3 rings (SSSR count). The monoisotopic (exact) mass is 400 g/mol. The number of piperidine rings is 1. The number of carbonyl (C=O) groups excluding carboxylic acids is 2. The molecule has 1 fully saturated rings. The van der Waals surface area contributed by atoms with E-state index in [9.17, 15) is 9.59 Å². The van der Waals surface area contributed by atoms with Gasteiger partial charge in [-0.3, -0.25) is 9.59 Å². The molecule has 148 valence electrons. The number of hydrogen-bond donors (Lipinski definition) is 1. The minimum absolute atomic E-state index is 0.0792. The van der Waals surface area contributed by atoms with Gasteiger partial charge in [-0.05, 0) is 61.7 Å². The Morgan fingerprint density at radius 1 is 1.07 bits per heavy atom. The number of anilines is 2. The molecule has 0 saturated carbocycles. The highest BCUT2D eigenvalue weighted by atomic mass is 35.5. The maximum Gasteiger partial charge on any atom is 0.262 e. The van der Waals surface area contributed by atoms with Gasteiger partial charge in [0.1, 0.15) is 5.75 Å². The highest BCUT2D eigenvalue weighted by Crippen LogP contribution is 2.31. The zero-order valence-corrected chi connectivity index (χ0v) is 16.8. The molecule has 28 heavy (non-hydrogen) atoms. The van der Waals surface area contributed by atoms with E-state index in [1.807, 2.05) is 19.1 Å². The molecule has 2 aromatic carbocycles. The number of ether oxygens (including phenoxy) is 1. The van der Waals surface area contributed by atoms with Crippen LogP contribution in [0.5, 0.6) is 5.75 Å². The van der Waals surface area contributed by atoms with Crippen molar-refractivity contribution in [2.24, 2.45) is 0 Å². The van der Waals surface area contributed by atoms with Gasteiger partial charge in [-0.25, -0.2) is 0 Å². The number of amides is 1. The molecule has 1 N–H and O–H groups in total. The zero-order chi connectivity index (χ0) is 19.9. The van der Waals surface area contributed by atoms with Crippen molar-refractivity contribution in [2.75, 3.05) is 29.9 Å². The molecule has 0 aromatic heterocycles. The SMILES string of the molecule is CCC(=O)c1ccc(OCC(=O)Nc2cc(Cl)ccc2N2CCCCC2)cc1. The van der Waals surface area contributed by atoms with E-state index >= 15 is 0 Å². The van der Waals surface area contributed by atoms with Crippen LogP contribution in [0.3, 0.4) is 0 Å². The van der Waals surface area contributed by atoms with Crippen molar-refractivity contribution in [3.8, 4) is 5.75 Å². The Morgan fingerprint density at radius 3 is 2.46 bits per heavy atom. The molecule has 6 heteroatoms. The first kappa shape index (κ1) is 20.2. The Morgan fingerprint density at radius 2 is 1.79 bits per heavy atom. The second kappa shape index (κ2) is 9.60. The number of Topliss-reactive ketones (excluding diaryl/α,β-unsaturated/α-hetero) is 1. The summed E-state index contributed by atoms with van der Waals surface area (Å²) in [6.45, 7) is 3.66. The van der Waals surface area contributed by atoms with Gasteiger partial charge in [-0.1, -0.05) is 18.5 Å². The smallest absolute Gasteiger partial charge is 0.262 e. The Bertz CT molecular complexity index is 830. The number of nitrogens with one attached hydrogen (secondary N) is 1. The van der Waals surface area contributed by atoms with E-state index in [-0.39, 0.29) is 18.3 Å². The van der Waals surface area contributed by atoms with Gasteiger partial charge in [0.2, 0.25) is 0 Å². The second-order valence-electron chi connectivity index (χ2n) is 6.85. The summed E-state index contributed by atoms with van der Waals surface area (Å²) in [6.07, 6.45) is 4.00. The fraction of sp³-hybridized carbons (Fsp3) is 0.364. The summed E-state index contributed by atoms with van der Waals surface area (Å²) in [5.41, 5.74) is 2.33. The summed E-state index contributed by atoms with van der Waals surface area (Å²) in [5, 5.41) is 3.49. The summed E-state index contributed by atoms with van der Waals surface area (Å²) < 4.78 is 5.55. The van der Waals surface area contributed by atoms with Crippen LogP contribution in [0, 0.1) is 0 Å². The summed E-state index contributed by atoms with van der Waals surface area (Å²) in [6, 6.07) is 12.4. The van der Waals surface area contributed by atoms with Crippen LogP contribution < -0.4 is 15.0 Å². The molecule has 5 nitrogen and oxygen atoms in total. The molecule has 1 saturated heterocycles. The van der Waals surface area contributed by atoms with E-state index in [0.29, 0.717) is 28.4 Å². The minimum atomic E-state index is -0.255. The standard InChI is InChI=1S/C22H25ClN2O3/c1-2-21(26)16-6-9-18(10-7-16)28-15-22(27)24-19-14-17(23)8-11-20(19)25-12-4-3-5-13-25/h6-11,14H,2-5,12-13,15H2,1H3,(H,24,27). The molecular formula is C22H25ClN2O3. The van der Waals surface area contributed by atoms with Crippen LogP contribution in [0.1, 0.15) is 43.0 Å². The van der Waals surface area contributed by atoms with Crippen molar-refractivity contribution in [1.29, 1.82) is 0 Å². The molecule has 1 amide bonds. The molecule has 2 aromatic rings. The first-order valence-corrected chi connectivity index (χ1v) is 10.0. The molecule has 0 aliphatic carbocycles. The molecule has 1 aliphatic rings. The lowest BCUT2D eigenvalue weighted by atomic mass is 10.1. The Balaban J connectivity index is 1.61. The van der Waals surface area contributed by atoms with Gasteiger partial charge in [0.05, 0.1) is 11.4 Å². The van der Waals surface area contributed by atoms with Crippen molar-refractivity contribution in [3.63, 3.8) is 0 Å². The molecule has 1 heterocycles.